The van der Waals surface area contributed by atoms with Crippen molar-refractivity contribution in [1.82, 2.24) is 10.6 Å². The first-order valence-corrected chi connectivity index (χ1v) is 5.81. The Morgan fingerprint density at radius 1 is 1.40 bits per heavy atom. The van der Waals surface area contributed by atoms with Crippen LogP contribution >= 0.6 is 0 Å². The monoisotopic (exact) mass is 212 g/mol. The molecule has 2 aliphatic carbocycles. The largest absolute Gasteiger partial charge is 0.381 e. The number of methoxy groups -OCH3 is 1. The van der Waals surface area contributed by atoms with Crippen LogP contribution in [0.5, 0.6) is 0 Å². The van der Waals surface area contributed by atoms with Crippen molar-refractivity contribution in [3.63, 3.8) is 0 Å². The molecule has 4 nitrogen and oxygen atoms in total. The maximum absolute atomic E-state index is 11.4. The molecule has 2 N–H and O–H groups in total. The Kier molecular flexibility index (Phi) is 3.59. The molecule has 0 bridgehead atoms. The number of carbonyl (C=O) groups is 1. The molecule has 86 valence electrons. The maximum Gasteiger partial charge on any atom is 0.234 e. The smallest absolute Gasteiger partial charge is 0.234 e. The van der Waals surface area contributed by atoms with Crippen LogP contribution in [0.15, 0.2) is 0 Å². The van der Waals surface area contributed by atoms with Crippen molar-refractivity contribution in [3.05, 3.63) is 0 Å². The molecular formula is C11H20N2O2. The Labute approximate surface area is 90.8 Å². The summed E-state index contributed by atoms with van der Waals surface area (Å²) in [6, 6.07) is 0.338. The third-order valence-electron chi connectivity index (χ3n) is 3.21. The summed E-state index contributed by atoms with van der Waals surface area (Å²) < 4.78 is 5.15. The van der Waals surface area contributed by atoms with Crippen LogP contribution in [0, 0.1) is 5.92 Å². The Balaban J connectivity index is 1.49. The minimum absolute atomic E-state index is 0.121. The van der Waals surface area contributed by atoms with Gasteiger partial charge in [-0.3, -0.25) is 4.79 Å². The number of nitrogens with one attached hydrogen (secondary N) is 2. The minimum Gasteiger partial charge on any atom is -0.381 e. The molecule has 0 heterocycles. The summed E-state index contributed by atoms with van der Waals surface area (Å²) in [6.07, 6.45) is 4.93. The number of rotatable bonds is 6. The lowest BCUT2D eigenvalue weighted by molar-refractivity contribution is -0.122. The molecule has 0 atom stereocenters. The zero-order valence-corrected chi connectivity index (χ0v) is 9.29. The summed E-state index contributed by atoms with van der Waals surface area (Å²) in [6.45, 7) is 1.46. The van der Waals surface area contributed by atoms with E-state index in [0.717, 1.165) is 25.3 Å². The van der Waals surface area contributed by atoms with E-state index in [1.54, 1.807) is 7.11 Å². The summed E-state index contributed by atoms with van der Waals surface area (Å²) in [5, 5.41) is 6.18. The number of ether oxygens (including phenoxy) is 1. The number of amides is 1. The molecule has 2 aliphatic rings. The number of hydrogen-bond acceptors (Lipinski definition) is 3. The molecule has 2 fully saturated rings. The predicted molar refractivity (Wildman–Crippen MR) is 57.6 cm³/mol. The van der Waals surface area contributed by atoms with E-state index in [2.05, 4.69) is 10.6 Å². The van der Waals surface area contributed by atoms with Crippen LogP contribution < -0.4 is 10.6 Å². The van der Waals surface area contributed by atoms with Crippen LogP contribution in [0.4, 0.5) is 0 Å². The predicted octanol–water partition coefficient (Wildman–Crippen LogP) is 0.280. The topological polar surface area (TPSA) is 50.4 Å². The van der Waals surface area contributed by atoms with Gasteiger partial charge in [0.05, 0.1) is 12.6 Å². The van der Waals surface area contributed by atoms with Gasteiger partial charge in [0.15, 0.2) is 0 Å². The first-order valence-electron chi connectivity index (χ1n) is 5.81. The van der Waals surface area contributed by atoms with Gasteiger partial charge in [0.1, 0.15) is 0 Å². The molecule has 0 aliphatic heterocycles. The highest BCUT2D eigenvalue weighted by molar-refractivity contribution is 5.78. The van der Waals surface area contributed by atoms with Crippen LogP contribution in [0.1, 0.15) is 25.7 Å². The molecule has 4 heteroatoms. The van der Waals surface area contributed by atoms with E-state index in [9.17, 15) is 4.79 Å². The lowest BCUT2D eigenvalue weighted by atomic mass is 9.89. The van der Waals surface area contributed by atoms with Crippen molar-refractivity contribution in [3.8, 4) is 0 Å². The van der Waals surface area contributed by atoms with E-state index in [1.165, 1.54) is 12.8 Å². The molecule has 0 aromatic carbocycles. The summed E-state index contributed by atoms with van der Waals surface area (Å²) in [4.78, 5) is 11.4. The molecule has 0 aromatic rings. The zero-order chi connectivity index (χ0) is 10.7. The second-order valence-electron chi connectivity index (χ2n) is 4.67. The molecule has 0 saturated heterocycles. The van der Waals surface area contributed by atoms with Crippen LogP contribution in [0.25, 0.3) is 0 Å². The van der Waals surface area contributed by atoms with Crippen molar-refractivity contribution in [1.29, 1.82) is 0 Å². The summed E-state index contributed by atoms with van der Waals surface area (Å²) in [5.41, 5.74) is 0. The molecule has 0 unspecified atom stereocenters. The molecule has 0 spiro atoms. The van der Waals surface area contributed by atoms with Gasteiger partial charge in [-0.1, -0.05) is 0 Å². The normalized spacial score (nSPS) is 29.7. The van der Waals surface area contributed by atoms with E-state index in [4.69, 9.17) is 4.74 Å². The van der Waals surface area contributed by atoms with Gasteiger partial charge in [0, 0.05) is 13.2 Å². The second kappa shape index (κ2) is 4.94. The standard InChI is InChI=1S/C11H20N2O2/c1-15-10-4-9(5-10)13-11(14)7-12-6-8-2-3-8/h8-10,12H,2-7H2,1H3,(H,13,14). The fourth-order valence-corrected chi connectivity index (χ4v) is 1.87. The van der Waals surface area contributed by atoms with E-state index < -0.39 is 0 Å². The van der Waals surface area contributed by atoms with Gasteiger partial charge in [0.25, 0.3) is 0 Å². The van der Waals surface area contributed by atoms with E-state index in [0.29, 0.717) is 18.7 Å². The van der Waals surface area contributed by atoms with Gasteiger partial charge < -0.3 is 15.4 Å². The average Bonchev–Trinajstić information content (AvgIpc) is 2.94. The van der Waals surface area contributed by atoms with Crippen molar-refractivity contribution >= 4 is 5.91 Å². The lowest BCUT2D eigenvalue weighted by Crippen LogP contribution is -2.49. The number of carbonyl (C=O) groups excluding carboxylic acids is 1. The molecule has 2 saturated carbocycles. The Morgan fingerprint density at radius 3 is 2.73 bits per heavy atom. The van der Waals surface area contributed by atoms with E-state index >= 15 is 0 Å². The molecule has 0 aromatic heterocycles. The lowest BCUT2D eigenvalue weighted by Gasteiger charge is -2.34. The zero-order valence-electron chi connectivity index (χ0n) is 9.29. The highest BCUT2D eigenvalue weighted by Gasteiger charge is 2.30. The number of hydrogen-bond donors (Lipinski definition) is 2. The molecular weight excluding hydrogens is 192 g/mol. The summed E-state index contributed by atoms with van der Waals surface area (Å²) in [7, 11) is 1.72. The molecule has 0 radical (unpaired) electrons. The highest BCUT2D eigenvalue weighted by Crippen LogP contribution is 2.27. The second-order valence-corrected chi connectivity index (χ2v) is 4.67. The van der Waals surface area contributed by atoms with Crippen LogP contribution in [0.2, 0.25) is 0 Å². The SMILES string of the molecule is COC1CC(NC(=O)CNCC2CC2)C1. The van der Waals surface area contributed by atoms with Gasteiger partial charge >= 0.3 is 0 Å². The van der Waals surface area contributed by atoms with E-state index in [-0.39, 0.29) is 5.91 Å². The third-order valence-corrected chi connectivity index (χ3v) is 3.21. The third kappa shape index (κ3) is 3.47. The van der Waals surface area contributed by atoms with Gasteiger partial charge in [-0.15, -0.1) is 0 Å². The minimum atomic E-state index is 0.121. The average molecular weight is 212 g/mol. The van der Waals surface area contributed by atoms with E-state index in [1.807, 2.05) is 0 Å². The Bertz CT molecular complexity index is 223. The fraction of sp³-hybridized carbons (Fsp3) is 0.909. The highest BCUT2D eigenvalue weighted by atomic mass is 16.5. The van der Waals surface area contributed by atoms with Crippen molar-refractivity contribution in [2.75, 3.05) is 20.2 Å². The van der Waals surface area contributed by atoms with Crippen LogP contribution in [-0.2, 0) is 9.53 Å². The Hall–Kier alpha value is -0.610. The van der Waals surface area contributed by atoms with Crippen LogP contribution in [-0.4, -0.2) is 38.3 Å². The first-order chi connectivity index (χ1) is 7.28. The molecule has 15 heavy (non-hydrogen) atoms. The van der Waals surface area contributed by atoms with Gasteiger partial charge in [0.2, 0.25) is 5.91 Å². The van der Waals surface area contributed by atoms with Crippen molar-refractivity contribution in [2.45, 2.75) is 37.8 Å². The summed E-state index contributed by atoms with van der Waals surface area (Å²) in [5.74, 6) is 0.953. The van der Waals surface area contributed by atoms with Crippen LogP contribution in [0.3, 0.4) is 0 Å². The maximum atomic E-state index is 11.4. The van der Waals surface area contributed by atoms with Crippen molar-refractivity contribution < 1.29 is 9.53 Å². The first kappa shape index (κ1) is 10.9. The van der Waals surface area contributed by atoms with Gasteiger partial charge in [-0.05, 0) is 38.1 Å². The summed E-state index contributed by atoms with van der Waals surface area (Å²) >= 11 is 0. The van der Waals surface area contributed by atoms with Gasteiger partial charge in [-0.25, -0.2) is 0 Å². The molecule has 1 amide bonds. The fourth-order valence-electron chi connectivity index (χ4n) is 1.87. The van der Waals surface area contributed by atoms with Crippen molar-refractivity contribution in [2.24, 2.45) is 5.92 Å². The quantitative estimate of drug-likeness (QED) is 0.665. The van der Waals surface area contributed by atoms with Gasteiger partial charge in [-0.2, -0.15) is 0 Å². The Morgan fingerprint density at radius 2 is 2.13 bits per heavy atom. The molecule has 2 rings (SSSR count).